The molecule has 1 unspecified atom stereocenters. The number of nitrogens with zero attached hydrogens (tertiary/aromatic N) is 2. The number of likely N-dealkylation sites (tertiary alicyclic amines) is 1. The van der Waals surface area contributed by atoms with Crippen molar-refractivity contribution in [2.24, 2.45) is 11.1 Å². The zero-order valence-corrected chi connectivity index (χ0v) is 16.3. The first kappa shape index (κ1) is 20.4. The summed E-state index contributed by atoms with van der Waals surface area (Å²) in [6.07, 6.45) is 2.89. The van der Waals surface area contributed by atoms with Gasteiger partial charge in [-0.3, -0.25) is 4.79 Å². The minimum absolute atomic E-state index is 0.0165. The molecule has 1 aliphatic rings. The molecule has 0 spiro atoms. The quantitative estimate of drug-likeness (QED) is 0.820. The van der Waals surface area contributed by atoms with Gasteiger partial charge < -0.3 is 16.0 Å². The molecule has 26 heavy (non-hydrogen) atoms. The van der Waals surface area contributed by atoms with Gasteiger partial charge in [-0.25, -0.2) is 0 Å². The minimum atomic E-state index is -0.782. The molecule has 0 saturated carbocycles. The molecule has 0 radical (unpaired) electrons. The van der Waals surface area contributed by atoms with Gasteiger partial charge in [0.2, 0.25) is 5.91 Å². The maximum atomic E-state index is 12.4. The zero-order chi connectivity index (χ0) is 19.2. The molecule has 0 bridgehead atoms. The highest BCUT2D eigenvalue weighted by Gasteiger charge is 2.37. The van der Waals surface area contributed by atoms with Crippen LogP contribution < -0.4 is 11.1 Å². The lowest BCUT2D eigenvalue weighted by Crippen LogP contribution is -2.58. The average molecular weight is 357 g/mol. The molecule has 2 rings (SSSR count). The smallest absolute Gasteiger partial charge is 0.238 e. The largest absolute Gasteiger partial charge is 0.336 e. The number of carbonyl (C=O) groups is 1. The van der Waals surface area contributed by atoms with Gasteiger partial charge in [0, 0.05) is 19.6 Å². The van der Waals surface area contributed by atoms with Crippen LogP contribution in [-0.2, 0) is 11.2 Å². The fraction of sp³-hybridized carbons (Fsp3) is 0.619. The molecule has 1 aromatic carbocycles. The van der Waals surface area contributed by atoms with Crippen LogP contribution in [0, 0.1) is 16.7 Å². The van der Waals surface area contributed by atoms with Crippen molar-refractivity contribution in [3.05, 3.63) is 35.9 Å². The Balaban J connectivity index is 1.84. The van der Waals surface area contributed by atoms with E-state index in [9.17, 15) is 10.1 Å². The highest BCUT2D eigenvalue weighted by molar-refractivity contribution is 5.82. The number of nitrogens with one attached hydrogen (secondary N) is 1. The number of benzene rings is 1. The summed E-state index contributed by atoms with van der Waals surface area (Å²) >= 11 is 0. The molecule has 1 atom stereocenters. The van der Waals surface area contributed by atoms with Crippen LogP contribution in [0.4, 0.5) is 0 Å². The van der Waals surface area contributed by atoms with E-state index in [0.717, 1.165) is 26.1 Å². The molecule has 142 valence electrons. The van der Waals surface area contributed by atoms with Gasteiger partial charge in [0.1, 0.15) is 5.54 Å². The lowest BCUT2D eigenvalue weighted by molar-refractivity contribution is -0.124. The van der Waals surface area contributed by atoms with Gasteiger partial charge >= 0.3 is 0 Å². The van der Waals surface area contributed by atoms with Crippen molar-refractivity contribution < 1.29 is 4.79 Å². The van der Waals surface area contributed by atoms with Crippen molar-refractivity contribution in [1.29, 1.82) is 5.26 Å². The summed E-state index contributed by atoms with van der Waals surface area (Å²) in [6.45, 7) is 8.79. The molecule has 1 saturated heterocycles. The van der Waals surface area contributed by atoms with Crippen LogP contribution in [-0.4, -0.2) is 42.0 Å². The van der Waals surface area contributed by atoms with E-state index < -0.39 is 11.6 Å². The van der Waals surface area contributed by atoms with E-state index >= 15 is 0 Å². The summed E-state index contributed by atoms with van der Waals surface area (Å²) < 4.78 is 0. The highest BCUT2D eigenvalue weighted by Crippen LogP contribution is 2.24. The lowest BCUT2D eigenvalue weighted by atomic mass is 9.86. The van der Waals surface area contributed by atoms with Crippen molar-refractivity contribution in [1.82, 2.24) is 10.2 Å². The maximum absolute atomic E-state index is 12.4. The standard InChI is InChI=1S/C21H32N4O/c1-20(2,3)15-18(23)19(26)24-21(16-22)10-13-25(14-11-21)12-9-17-7-5-4-6-8-17/h4-8,18H,9-15,23H2,1-3H3,(H,24,26). The molecule has 1 aliphatic heterocycles. The number of nitrogens with two attached hydrogens (primary N) is 1. The van der Waals surface area contributed by atoms with Crippen LogP contribution in [0.25, 0.3) is 0 Å². The Bertz CT molecular complexity index is 622. The molecule has 0 aliphatic carbocycles. The first-order chi connectivity index (χ1) is 12.2. The second kappa shape index (κ2) is 8.66. The Morgan fingerprint density at radius 3 is 2.46 bits per heavy atom. The summed E-state index contributed by atoms with van der Waals surface area (Å²) in [4.78, 5) is 14.8. The Morgan fingerprint density at radius 2 is 1.92 bits per heavy atom. The second-order valence-corrected chi connectivity index (χ2v) is 8.63. The zero-order valence-electron chi connectivity index (χ0n) is 16.3. The third-order valence-corrected chi connectivity index (χ3v) is 5.01. The molecule has 0 aromatic heterocycles. The van der Waals surface area contributed by atoms with Gasteiger partial charge in [0.05, 0.1) is 12.1 Å². The van der Waals surface area contributed by atoms with E-state index in [1.807, 2.05) is 6.07 Å². The number of rotatable bonds is 6. The van der Waals surface area contributed by atoms with Crippen LogP contribution in [0.15, 0.2) is 30.3 Å². The first-order valence-corrected chi connectivity index (χ1v) is 9.48. The number of hydrogen-bond acceptors (Lipinski definition) is 4. The summed E-state index contributed by atoms with van der Waals surface area (Å²) in [7, 11) is 0. The van der Waals surface area contributed by atoms with Gasteiger partial charge in [0.25, 0.3) is 0 Å². The van der Waals surface area contributed by atoms with Gasteiger partial charge in [-0.15, -0.1) is 0 Å². The topological polar surface area (TPSA) is 82.1 Å². The van der Waals surface area contributed by atoms with Crippen molar-refractivity contribution in [2.75, 3.05) is 19.6 Å². The molecule has 3 N–H and O–H groups in total. The fourth-order valence-electron chi connectivity index (χ4n) is 3.44. The third kappa shape index (κ3) is 6.12. The van der Waals surface area contributed by atoms with Gasteiger partial charge in [-0.2, -0.15) is 5.26 Å². The Kier molecular flexibility index (Phi) is 6.80. The number of nitriles is 1. The molecule has 1 amide bonds. The van der Waals surface area contributed by atoms with E-state index in [-0.39, 0.29) is 11.3 Å². The number of piperidine rings is 1. The van der Waals surface area contributed by atoms with E-state index in [4.69, 9.17) is 5.73 Å². The fourth-order valence-corrected chi connectivity index (χ4v) is 3.44. The van der Waals surface area contributed by atoms with Crippen LogP contribution in [0.2, 0.25) is 0 Å². The van der Waals surface area contributed by atoms with Crippen LogP contribution in [0.3, 0.4) is 0 Å². The lowest BCUT2D eigenvalue weighted by Gasteiger charge is -2.38. The Hall–Kier alpha value is -1.90. The monoisotopic (exact) mass is 356 g/mol. The van der Waals surface area contributed by atoms with E-state index in [0.29, 0.717) is 19.3 Å². The van der Waals surface area contributed by atoms with Crippen molar-refractivity contribution in [2.45, 2.75) is 58.0 Å². The van der Waals surface area contributed by atoms with Gasteiger partial charge in [-0.05, 0) is 36.7 Å². The molecular formula is C21H32N4O. The summed E-state index contributed by atoms with van der Waals surface area (Å²) in [6, 6.07) is 12.2. The predicted molar refractivity (Wildman–Crippen MR) is 104 cm³/mol. The van der Waals surface area contributed by atoms with Crippen molar-refractivity contribution in [3.8, 4) is 6.07 Å². The number of carbonyl (C=O) groups excluding carboxylic acids is 1. The minimum Gasteiger partial charge on any atom is -0.336 e. The summed E-state index contributed by atoms with van der Waals surface area (Å²) in [5.41, 5.74) is 6.57. The Labute approximate surface area is 157 Å². The van der Waals surface area contributed by atoms with E-state index in [2.05, 4.69) is 61.3 Å². The van der Waals surface area contributed by atoms with E-state index in [1.165, 1.54) is 5.56 Å². The third-order valence-electron chi connectivity index (χ3n) is 5.01. The van der Waals surface area contributed by atoms with Crippen LogP contribution in [0.5, 0.6) is 0 Å². The molecule has 5 nitrogen and oxygen atoms in total. The molecule has 5 heteroatoms. The first-order valence-electron chi connectivity index (χ1n) is 9.48. The summed E-state index contributed by atoms with van der Waals surface area (Å²) in [5.74, 6) is -0.209. The van der Waals surface area contributed by atoms with Crippen LogP contribution in [0.1, 0.15) is 45.6 Å². The van der Waals surface area contributed by atoms with E-state index in [1.54, 1.807) is 0 Å². The van der Waals surface area contributed by atoms with Crippen molar-refractivity contribution >= 4 is 5.91 Å². The normalized spacial score (nSPS) is 18.7. The number of hydrogen-bond donors (Lipinski definition) is 2. The predicted octanol–water partition coefficient (Wildman–Crippen LogP) is 2.47. The molecular weight excluding hydrogens is 324 g/mol. The van der Waals surface area contributed by atoms with Crippen molar-refractivity contribution in [3.63, 3.8) is 0 Å². The van der Waals surface area contributed by atoms with Gasteiger partial charge in [0.15, 0.2) is 0 Å². The average Bonchev–Trinajstić information content (AvgIpc) is 2.60. The SMILES string of the molecule is CC(C)(C)CC(N)C(=O)NC1(C#N)CCN(CCc2ccccc2)CC1. The molecule has 1 heterocycles. The maximum Gasteiger partial charge on any atom is 0.238 e. The van der Waals surface area contributed by atoms with Gasteiger partial charge in [-0.1, -0.05) is 51.1 Å². The molecule has 1 fully saturated rings. The number of amides is 1. The highest BCUT2D eigenvalue weighted by atomic mass is 16.2. The van der Waals surface area contributed by atoms with Crippen LogP contribution >= 0.6 is 0 Å². The Morgan fingerprint density at radius 1 is 1.31 bits per heavy atom. The molecule has 1 aromatic rings. The summed E-state index contributed by atoms with van der Waals surface area (Å²) in [5, 5.41) is 12.6. The second-order valence-electron chi connectivity index (χ2n) is 8.63.